The molecule has 0 bridgehead atoms. The molecule has 0 aromatic heterocycles. The summed E-state index contributed by atoms with van der Waals surface area (Å²) in [6.07, 6.45) is 2.55. The Hall–Kier alpha value is -2.82. The van der Waals surface area contributed by atoms with Gasteiger partial charge in [-0.1, -0.05) is 31.5 Å². The van der Waals surface area contributed by atoms with Gasteiger partial charge < -0.3 is 10.1 Å². The molecule has 0 saturated carbocycles. The lowest BCUT2D eigenvalue weighted by atomic mass is 10.2. The zero-order valence-corrected chi connectivity index (χ0v) is 14.4. The zero-order chi connectivity index (χ0) is 17.5. The summed E-state index contributed by atoms with van der Waals surface area (Å²) in [5, 5.41) is 3.24. The van der Waals surface area contributed by atoms with Gasteiger partial charge >= 0.3 is 0 Å². The van der Waals surface area contributed by atoms with Crippen LogP contribution in [0.4, 0.5) is 11.4 Å². The standard InChI is InChI=1S/C20H23N3O2/c1-2-3-15-25-18-11-9-17(10-12-18)23-19(24)13-14-21-20(23)22-16-7-5-4-6-8-16/h4-12H,2-3,13-15H2,1H3,(H,21,22). The molecule has 0 radical (unpaired) electrons. The number of hydrogen-bond acceptors (Lipinski definition) is 4. The highest BCUT2D eigenvalue weighted by molar-refractivity contribution is 6.21. The number of rotatable bonds is 6. The third kappa shape index (κ3) is 4.38. The van der Waals surface area contributed by atoms with Crippen molar-refractivity contribution >= 4 is 23.2 Å². The molecular formula is C20H23N3O2. The molecule has 2 aromatic rings. The first kappa shape index (κ1) is 17.0. The molecule has 25 heavy (non-hydrogen) atoms. The first-order valence-corrected chi connectivity index (χ1v) is 8.70. The number of carbonyl (C=O) groups excluding carboxylic acids is 1. The van der Waals surface area contributed by atoms with Crippen LogP contribution in [0.25, 0.3) is 0 Å². The molecule has 0 spiro atoms. The maximum absolute atomic E-state index is 12.5. The summed E-state index contributed by atoms with van der Waals surface area (Å²) < 4.78 is 5.69. The molecule has 2 aromatic carbocycles. The average molecular weight is 337 g/mol. The molecule has 1 N–H and O–H groups in total. The van der Waals surface area contributed by atoms with Crippen molar-refractivity contribution in [3.8, 4) is 5.75 Å². The lowest BCUT2D eigenvalue weighted by Gasteiger charge is -2.28. The number of hydrogen-bond donors (Lipinski definition) is 1. The van der Waals surface area contributed by atoms with Crippen LogP contribution in [0.5, 0.6) is 5.75 Å². The van der Waals surface area contributed by atoms with E-state index in [9.17, 15) is 4.79 Å². The van der Waals surface area contributed by atoms with E-state index in [1.165, 1.54) is 0 Å². The van der Waals surface area contributed by atoms with Crippen LogP contribution in [0.1, 0.15) is 26.2 Å². The van der Waals surface area contributed by atoms with E-state index in [-0.39, 0.29) is 5.91 Å². The Morgan fingerprint density at radius 2 is 1.88 bits per heavy atom. The minimum absolute atomic E-state index is 0.0353. The predicted molar refractivity (Wildman–Crippen MR) is 101 cm³/mol. The molecule has 1 aliphatic rings. The first-order valence-electron chi connectivity index (χ1n) is 8.70. The highest BCUT2D eigenvalue weighted by Gasteiger charge is 2.25. The molecule has 1 amide bonds. The van der Waals surface area contributed by atoms with E-state index in [1.807, 2.05) is 54.6 Å². The first-order chi connectivity index (χ1) is 12.3. The number of para-hydroxylation sites is 1. The fourth-order valence-corrected chi connectivity index (χ4v) is 2.60. The quantitative estimate of drug-likeness (QED) is 0.809. The Kier molecular flexibility index (Phi) is 5.67. The SMILES string of the molecule is CCCCOc1ccc(N2C(=O)CCN=C2Nc2ccccc2)cc1. The van der Waals surface area contributed by atoms with Gasteiger partial charge in [-0.2, -0.15) is 0 Å². The monoisotopic (exact) mass is 337 g/mol. The maximum atomic E-state index is 12.5. The van der Waals surface area contributed by atoms with Gasteiger partial charge in [-0.25, -0.2) is 0 Å². The summed E-state index contributed by atoms with van der Waals surface area (Å²) in [5.74, 6) is 1.41. The van der Waals surface area contributed by atoms with Crippen LogP contribution >= 0.6 is 0 Å². The third-order valence-electron chi connectivity index (χ3n) is 3.94. The Labute approximate surface area is 148 Å². The second kappa shape index (κ2) is 8.33. The number of unbranched alkanes of at least 4 members (excludes halogenated alkanes) is 1. The normalized spacial score (nSPS) is 14.2. The molecular weight excluding hydrogens is 314 g/mol. The molecule has 130 valence electrons. The highest BCUT2D eigenvalue weighted by atomic mass is 16.5. The molecule has 0 aliphatic carbocycles. The van der Waals surface area contributed by atoms with Crippen molar-refractivity contribution in [3.63, 3.8) is 0 Å². The van der Waals surface area contributed by atoms with Crippen molar-refractivity contribution < 1.29 is 9.53 Å². The van der Waals surface area contributed by atoms with Crippen LogP contribution in [0.15, 0.2) is 59.6 Å². The lowest BCUT2D eigenvalue weighted by molar-refractivity contribution is -0.117. The van der Waals surface area contributed by atoms with Crippen molar-refractivity contribution in [1.29, 1.82) is 0 Å². The molecule has 5 heteroatoms. The van der Waals surface area contributed by atoms with E-state index in [0.29, 0.717) is 25.5 Å². The minimum Gasteiger partial charge on any atom is -0.494 e. The predicted octanol–water partition coefficient (Wildman–Crippen LogP) is 4.07. The van der Waals surface area contributed by atoms with Crippen molar-refractivity contribution in [2.45, 2.75) is 26.2 Å². The van der Waals surface area contributed by atoms with Gasteiger partial charge in [0.05, 0.1) is 18.8 Å². The average Bonchev–Trinajstić information content (AvgIpc) is 2.64. The van der Waals surface area contributed by atoms with Gasteiger partial charge in [0.2, 0.25) is 11.9 Å². The summed E-state index contributed by atoms with van der Waals surface area (Å²) in [7, 11) is 0. The van der Waals surface area contributed by atoms with Gasteiger partial charge in [-0.05, 0) is 42.8 Å². The Balaban J connectivity index is 1.76. The van der Waals surface area contributed by atoms with Crippen LogP contribution in [0.2, 0.25) is 0 Å². The number of anilines is 2. The van der Waals surface area contributed by atoms with Crippen LogP contribution in [-0.2, 0) is 4.79 Å². The van der Waals surface area contributed by atoms with Gasteiger partial charge in [0, 0.05) is 12.1 Å². The Morgan fingerprint density at radius 3 is 2.60 bits per heavy atom. The van der Waals surface area contributed by atoms with Crippen molar-refractivity contribution in [1.82, 2.24) is 0 Å². The van der Waals surface area contributed by atoms with Gasteiger partial charge in [-0.15, -0.1) is 0 Å². The second-order valence-electron chi connectivity index (χ2n) is 5.87. The molecule has 1 heterocycles. The van der Waals surface area contributed by atoms with E-state index in [1.54, 1.807) is 4.90 Å². The van der Waals surface area contributed by atoms with E-state index in [4.69, 9.17) is 4.74 Å². The number of amides is 1. The summed E-state index contributed by atoms with van der Waals surface area (Å²) in [5.41, 5.74) is 1.69. The molecule has 0 unspecified atom stereocenters. The largest absolute Gasteiger partial charge is 0.494 e. The van der Waals surface area contributed by atoms with Crippen LogP contribution < -0.4 is 15.0 Å². The van der Waals surface area contributed by atoms with Crippen LogP contribution in [0.3, 0.4) is 0 Å². The van der Waals surface area contributed by atoms with Crippen LogP contribution in [0, 0.1) is 0 Å². The number of guanidine groups is 1. The molecule has 1 aliphatic heterocycles. The molecule has 0 fully saturated rings. The summed E-state index contributed by atoms with van der Waals surface area (Å²) in [4.78, 5) is 18.6. The molecule has 0 atom stereocenters. The number of nitrogens with zero attached hydrogens (tertiary/aromatic N) is 2. The fourth-order valence-electron chi connectivity index (χ4n) is 2.60. The van der Waals surface area contributed by atoms with Gasteiger partial charge in [0.25, 0.3) is 0 Å². The molecule has 5 nitrogen and oxygen atoms in total. The topological polar surface area (TPSA) is 53.9 Å². The Morgan fingerprint density at radius 1 is 1.12 bits per heavy atom. The number of benzene rings is 2. The van der Waals surface area contributed by atoms with Gasteiger partial charge in [0.1, 0.15) is 5.75 Å². The summed E-state index contributed by atoms with van der Waals surface area (Å²) in [6, 6.07) is 17.3. The number of nitrogens with one attached hydrogen (secondary N) is 1. The van der Waals surface area contributed by atoms with E-state index in [2.05, 4.69) is 17.2 Å². The van der Waals surface area contributed by atoms with Gasteiger partial charge in [-0.3, -0.25) is 14.7 Å². The fraction of sp³-hybridized carbons (Fsp3) is 0.300. The second-order valence-corrected chi connectivity index (χ2v) is 5.87. The highest BCUT2D eigenvalue weighted by Crippen LogP contribution is 2.23. The van der Waals surface area contributed by atoms with E-state index >= 15 is 0 Å². The van der Waals surface area contributed by atoms with Crippen molar-refractivity contribution in [3.05, 3.63) is 54.6 Å². The maximum Gasteiger partial charge on any atom is 0.235 e. The third-order valence-corrected chi connectivity index (χ3v) is 3.94. The number of ether oxygens (including phenoxy) is 1. The zero-order valence-electron chi connectivity index (χ0n) is 14.4. The minimum atomic E-state index is 0.0353. The van der Waals surface area contributed by atoms with Crippen LogP contribution in [-0.4, -0.2) is 25.0 Å². The van der Waals surface area contributed by atoms with Crippen molar-refractivity contribution in [2.75, 3.05) is 23.4 Å². The number of aliphatic imine (C=N–C) groups is 1. The van der Waals surface area contributed by atoms with E-state index in [0.717, 1.165) is 30.0 Å². The van der Waals surface area contributed by atoms with E-state index < -0.39 is 0 Å². The summed E-state index contributed by atoms with van der Waals surface area (Å²) in [6.45, 7) is 3.35. The number of carbonyl (C=O) groups is 1. The Bertz CT molecular complexity index is 726. The molecule has 0 saturated heterocycles. The smallest absolute Gasteiger partial charge is 0.235 e. The van der Waals surface area contributed by atoms with Gasteiger partial charge in [0.15, 0.2) is 0 Å². The van der Waals surface area contributed by atoms with Crippen molar-refractivity contribution in [2.24, 2.45) is 4.99 Å². The summed E-state index contributed by atoms with van der Waals surface area (Å²) >= 11 is 0. The molecule has 3 rings (SSSR count). The lowest BCUT2D eigenvalue weighted by Crippen LogP contribution is -2.44.